The van der Waals surface area contributed by atoms with Crippen LogP contribution in [0.3, 0.4) is 0 Å². The minimum absolute atomic E-state index is 0.175. The van der Waals surface area contributed by atoms with Gasteiger partial charge in [-0.2, -0.15) is 0 Å². The molecule has 0 saturated carbocycles. The largest absolute Gasteiger partial charge is 0.334 e. The first kappa shape index (κ1) is 41.9. The fourth-order valence-corrected chi connectivity index (χ4v) is 9.41. The molecule has 0 bridgehead atoms. The van der Waals surface area contributed by atoms with Crippen molar-refractivity contribution < 1.29 is 0 Å². The molecule has 0 radical (unpaired) electrons. The van der Waals surface area contributed by atoms with Crippen molar-refractivity contribution in [3.05, 3.63) is 291 Å². The van der Waals surface area contributed by atoms with E-state index in [0.29, 0.717) is 0 Å². The van der Waals surface area contributed by atoms with Crippen LogP contribution in [-0.2, 0) is 0 Å². The van der Waals surface area contributed by atoms with Gasteiger partial charge in [0.1, 0.15) is 0 Å². The Kier molecular flexibility index (Phi) is 12.0. The quantitative estimate of drug-likeness (QED) is 0.121. The Bertz CT molecular complexity index is 3190. The third-order valence-electron chi connectivity index (χ3n) is 13.1. The second kappa shape index (κ2) is 19.4. The van der Waals surface area contributed by atoms with Crippen LogP contribution in [0, 0.1) is 0 Å². The van der Waals surface area contributed by atoms with Crippen LogP contribution in [0.1, 0.15) is 12.0 Å². The molecule has 0 saturated heterocycles. The predicted octanol–water partition coefficient (Wildman–Crippen LogP) is 18.0. The number of rotatable bonds is 12. The molecule has 0 heterocycles. The lowest BCUT2D eigenvalue weighted by Gasteiger charge is -2.33. The van der Waals surface area contributed by atoms with E-state index in [9.17, 15) is 0 Å². The maximum Gasteiger partial charge on any atom is 0.0560 e. The summed E-state index contributed by atoms with van der Waals surface area (Å²) in [6.07, 6.45) is 7.92. The normalized spacial score (nSPS) is 13.1. The molecule has 1 atom stereocenters. The molecule has 0 spiro atoms. The average molecular weight is 871 g/mol. The lowest BCUT2D eigenvalue weighted by Crippen LogP contribution is -2.30. The Morgan fingerprint density at radius 2 is 0.500 bits per heavy atom. The summed E-state index contributed by atoms with van der Waals surface area (Å²) in [7, 11) is 0. The highest BCUT2D eigenvalue weighted by Crippen LogP contribution is 2.39. The molecular weight excluding hydrogens is 821 g/mol. The van der Waals surface area contributed by atoms with Crippen LogP contribution in [0.2, 0.25) is 0 Å². The molecule has 68 heavy (non-hydrogen) atoms. The van der Waals surface area contributed by atoms with Crippen LogP contribution >= 0.6 is 0 Å². The van der Waals surface area contributed by atoms with Gasteiger partial charge in [-0.3, -0.25) is 0 Å². The van der Waals surface area contributed by atoms with Crippen LogP contribution in [0.25, 0.3) is 61.2 Å². The van der Waals surface area contributed by atoms with E-state index in [4.69, 9.17) is 0 Å². The van der Waals surface area contributed by atoms with Gasteiger partial charge in [0.05, 0.1) is 6.04 Å². The van der Waals surface area contributed by atoms with Gasteiger partial charge in [-0.25, -0.2) is 0 Å². The number of hydrogen-bond donors (Lipinski definition) is 0. The summed E-state index contributed by atoms with van der Waals surface area (Å²) in [5, 5.41) is 0. The zero-order valence-corrected chi connectivity index (χ0v) is 37.8. The minimum Gasteiger partial charge on any atom is -0.334 e. The number of anilines is 5. The third kappa shape index (κ3) is 9.09. The third-order valence-corrected chi connectivity index (χ3v) is 13.1. The predicted molar refractivity (Wildman–Crippen MR) is 289 cm³/mol. The molecule has 10 aromatic carbocycles. The molecule has 0 N–H and O–H groups in total. The van der Waals surface area contributed by atoms with E-state index < -0.39 is 0 Å². The number of allylic oxidation sites excluding steroid dienone is 2. The van der Waals surface area contributed by atoms with Crippen molar-refractivity contribution in [1.29, 1.82) is 0 Å². The minimum atomic E-state index is 0.175. The second-order valence-electron chi connectivity index (χ2n) is 17.3. The molecule has 2 heteroatoms. The van der Waals surface area contributed by atoms with Gasteiger partial charge in [-0.1, -0.05) is 224 Å². The van der Waals surface area contributed by atoms with Crippen molar-refractivity contribution in [2.45, 2.75) is 12.5 Å². The smallest absolute Gasteiger partial charge is 0.0560 e. The highest BCUT2D eigenvalue weighted by atomic mass is 15.2. The average Bonchev–Trinajstić information content (AvgIpc) is 3.43. The van der Waals surface area contributed by atoms with Crippen molar-refractivity contribution in [3.63, 3.8) is 0 Å². The van der Waals surface area contributed by atoms with E-state index >= 15 is 0 Å². The van der Waals surface area contributed by atoms with E-state index in [2.05, 4.69) is 295 Å². The molecule has 10 aromatic rings. The van der Waals surface area contributed by atoms with Gasteiger partial charge in [0.15, 0.2) is 0 Å². The molecule has 0 aromatic heterocycles. The Morgan fingerprint density at radius 3 is 0.779 bits per heavy atom. The maximum atomic E-state index is 2.47. The molecule has 1 unspecified atom stereocenters. The molecule has 0 amide bonds. The summed E-state index contributed by atoms with van der Waals surface area (Å²) >= 11 is 0. The molecule has 1 aliphatic rings. The first-order chi connectivity index (χ1) is 33.7. The molecular formula is C66H50N2. The standard InChI is InChI=1S/C66H50N2/c1-5-13-49(14-6-1)55-25-37-61(38-26-55)67(62-39-27-56(28-40-62)50-15-7-2-8-16-50)65-45-33-59(34-46-65)53-21-23-54(24-22-53)60-35-47-66(48-36-60)68(63-41-29-57(30-42-63)51-17-9-3-10-18-51)64-43-31-58(32-44-64)52-19-11-4-12-20-52/h1-43,45-48,64H,44H2. The van der Waals surface area contributed by atoms with Gasteiger partial charge in [-0.05, 0) is 134 Å². The van der Waals surface area contributed by atoms with Gasteiger partial charge in [0.2, 0.25) is 0 Å². The molecule has 324 valence electrons. The zero-order chi connectivity index (χ0) is 45.5. The number of benzene rings is 10. The number of hydrogen-bond acceptors (Lipinski definition) is 2. The van der Waals surface area contributed by atoms with Crippen molar-refractivity contribution >= 4 is 34.0 Å². The molecule has 0 fully saturated rings. The Balaban J connectivity index is 0.842. The Hall–Kier alpha value is -8.72. The van der Waals surface area contributed by atoms with E-state index in [1.54, 1.807) is 0 Å². The molecule has 2 nitrogen and oxygen atoms in total. The van der Waals surface area contributed by atoms with Crippen LogP contribution in [0.5, 0.6) is 0 Å². The van der Waals surface area contributed by atoms with Gasteiger partial charge >= 0.3 is 0 Å². The maximum absolute atomic E-state index is 2.47. The Morgan fingerprint density at radius 1 is 0.250 bits per heavy atom. The summed E-state index contributed by atoms with van der Waals surface area (Å²) in [6, 6.07) is 96.3. The van der Waals surface area contributed by atoms with Crippen LogP contribution in [-0.4, -0.2) is 6.04 Å². The summed E-state index contributed by atoms with van der Waals surface area (Å²) in [6.45, 7) is 0. The highest BCUT2D eigenvalue weighted by Gasteiger charge is 2.21. The monoisotopic (exact) mass is 870 g/mol. The number of nitrogens with zero attached hydrogens (tertiary/aromatic N) is 2. The van der Waals surface area contributed by atoms with Gasteiger partial charge in [-0.15, -0.1) is 0 Å². The zero-order valence-electron chi connectivity index (χ0n) is 37.8. The van der Waals surface area contributed by atoms with E-state index in [-0.39, 0.29) is 6.04 Å². The van der Waals surface area contributed by atoms with E-state index in [1.165, 1.54) is 72.5 Å². The first-order valence-corrected chi connectivity index (χ1v) is 23.5. The molecule has 0 aliphatic heterocycles. The summed E-state index contributed by atoms with van der Waals surface area (Å²) in [5.41, 5.74) is 20.1. The fraction of sp³-hybridized carbons (Fsp3) is 0.0303. The Labute approximate surface area is 400 Å². The van der Waals surface area contributed by atoms with Crippen molar-refractivity contribution in [1.82, 2.24) is 0 Å². The highest BCUT2D eigenvalue weighted by molar-refractivity contribution is 5.82. The first-order valence-electron chi connectivity index (χ1n) is 23.5. The molecule has 1 aliphatic carbocycles. The van der Waals surface area contributed by atoms with Gasteiger partial charge < -0.3 is 9.80 Å². The van der Waals surface area contributed by atoms with Crippen molar-refractivity contribution in [2.24, 2.45) is 0 Å². The van der Waals surface area contributed by atoms with Crippen molar-refractivity contribution in [3.8, 4) is 55.6 Å². The lowest BCUT2D eigenvalue weighted by atomic mass is 9.95. The van der Waals surface area contributed by atoms with Crippen LogP contribution < -0.4 is 9.80 Å². The summed E-state index contributed by atoms with van der Waals surface area (Å²) in [5.74, 6) is 0. The lowest BCUT2D eigenvalue weighted by molar-refractivity contribution is 0.787. The van der Waals surface area contributed by atoms with Gasteiger partial charge in [0.25, 0.3) is 0 Å². The summed E-state index contributed by atoms with van der Waals surface area (Å²) < 4.78 is 0. The van der Waals surface area contributed by atoms with Gasteiger partial charge in [0, 0.05) is 28.4 Å². The molecule has 11 rings (SSSR count). The van der Waals surface area contributed by atoms with Crippen LogP contribution in [0.15, 0.2) is 285 Å². The topological polar surface area (TPSA) is 6.48 Å². The van der Waals surface area contributed by atoms with Crippen LogP contribution in [0.4, 0.5) is 28.4 Å². The fourth-order valence-electron chi connectivity index (χ4n) is 9.41. The van der Waals surface area contributed by atoms with Crippen molar-refractivity contribution in [2.75, 3.05) is 9.80 Å². The SMILES string of the molecule is C1=CC(N(c2ccc(-c3ccccc3)cc2)c2ccc(-c3ccc(-c4ccc(N(c5ccc(-c6ccccc6)cc5)c5ccc(-c6ccccc6)cc5)cc4)cc3)cc2)CC=C1c1ccccc1. The van der Waals surface area contributed by atoms with E-state index in [0.717, 1.165) is 29.2 Å². The second-order valence-corrected chi connectivity index (χ2v) is 17.3. The van der Waals surface area contributed by atoms with E-state index in [1.807, 2.05) is 0 Å². The summed E-state index contributed by atoms with van der Waals surface area (Å²) in [4.78, 5) is 4.81.